The minimum Gasteiger partial charge on any atom is -0.409 e. The summed E-state index contributed by atoms with van der Waals surface area (Å²) in [5, 5.41) is 21.1. The number of nitrogens with two attached hydrogens (primary N) is 1. The van der Waals surface area contributed by atoms with E-state index in [0.29, 0.717) is 18.7 Å². The van der Waals surface area contributed by atoms with Crippen LogP contribution in [-0.4, -0.2) is 53.0 Å². The van der Waals surface area contributed by atoms with Gasteiger partial charge in [0.25, 0.3) is 0 Å². The zero-order chi connectivity index (χ0) is 13.8. The van der Waals surface area contributed by atoms with Gasteiger partial charge in [-0.3, -0.25) is 4.98 Å². The number of amidine groups is 1. The van der Waals surface area contributed by atoms with Crippen molar-refractivity contribution in [1.82, 2.24) is 4.98 Å². The molecule has 1 saturated heterocycles. The van der Waals surface area contributed by atoms with Gasteiger partial charge in [0.2, 0.25) is 0 Å². The van der Waals surface area contributed by atoms with Crippen LogP contribution in [0.2, 0.25) is 0 Å². The first-order valence-corrected chi connectivity index (χ1v) is 6.08. The van der Waals surface area contributed by atoms with Gasteiger partial charge >= 0.3 is 0 Å². The number of hydrogen-bond donors (Lipinski definition) is 3. The van der Waals surface area contributed by atoms with E-state index >= 15 is 0 Å². The number of pyridine rings is 1. The Morgan fingerprint density at radius 1 is 1.68 bits per heavy atom. The second-order valence-electron chi connectivity index (χ2n) is 4.52. The van der Waals surface area contributed by atoms with Crippen LogP contribution in [0.15, 0.2) is 23.6 Å². The molecule has 0 bridgehead atoms. The SMILES string of the molecule is CC1COC(CO)CN1c1cnccc1/C(N)=N/O. The number of aliphatic hydroxyl groups excluding tert-OH is 1. The summed E-state index contributed by atoms with van der Waals surface area (Å²) in [5.41, 5.74) is 7.06. The molecule has 4 N–H and O–H groups in total. The van der Waals surface area contributed by atoms with Crippen LogP contribution in [0.25, 0.3) is 0 Å². The average molecular weight is 266 g/mol. The molecule has 0 amide bonds. The molecule has 2 rings (SSSR count). The minimum atomic E-state index is -0.239. The fraction of sp³-hybridized carbons (Fsp3) is 0.500. The number of aliphatic hydroxyl groups is 1. The van der Waals surface area contributed by atoms with Crippen LogP contribution in [0, 0.1) is 0 Å². The van der Waals surface area contributed by atoms with Crippen molar-refractivity contribution in [2.24, 2.45) is 10.9 Å². The number of rotatable bonds is 3. The topological polar surface area (TPSA) is 104 Å². The van der Waals surface area contributed by atoms with Crippen molar-refractivity contribution in [3.05, 3.63) is 24.0 Å². The van der Waals surface area contributed by atoms with Crippen molar-refractivity contribution in [2.45, 2.75) is 19.1 Å². The van der Waals surface area contributed by atoms with E-state index in [4.69, 9.17) is 15.7 Å². The Morgan fingerprint density at radius 3 is 3.16 bits per heavy atom. The lowest BCUT2D eigenvalue weighted by molar-refractivity contribution is -0.0103. The van der Waals surface area contributed by atoms with Crippen LogP contribution >= 0.6 is 0 Å². The highest BCUT2D eigenvalue weighted by Crippen LogP contribution is 2.24. The van der Waals surface area contributed by atoms with E-state index in [1.807, 2.05) is 11.8 Å². The molecule has 2 unspecified atom stereocenters. The van der Waals surface area contributed by atoms with Crippen molar-refractivity contribution in [2.75, 3.05) is 24.7 Å². The fourth-order valence-corrected chi connectivity index (χ4v) is 2.15. The predicted molar refractivity (Wildman–Crippen MR) is 70.4 cm³/mol. The summed E-state index contributed by atoms with van der Waals surface area (Å²) >= 11 is 0. The summed E-state index contributed by atoms with van der Waals surface area (Å²) in [6, 6.07) is 1.82. The Bertz CT molecular complexity index is 466. The van der Waals surface area contributed by atoms with Crippen LogP contribution in [-0.2, 0) is 4.74 Å². The van der Waals surface area contributed by atoms with Crippen molar-refractivity contribution in [1.29, 1.82) is 0 Å². The number of ether oxygens (including phenoxy) is 1. The van der Waals surface area contributed by atoms with Gasteiger partial charge in [-0.25, -0.2) is 0 Å². The number of oxime groups is 1. The lowest BCUT2D eigenvalue weighted by Gasteiger charge is -2.39. The summed E-state index contributed by atoms with van der Waals surface area (Å²) in [7, 11) is 0. The predicted octanol–water partition coefficient (Wildman–Crippen LogP) is -0.238. The highest BCUT2D eigenvalue weighted by atomic mass is 16.5. The second kappa shape index (κ2) is 5.85. The monoisotopic (exact) mass is 266 g/mol. The summed E-state index contributed by atoms with van der Waals surface area (Å²) in [4.78, 5) is 6.13. The molecule has 7 heteroatoms. The minimum absolute atomic E-state index is 0.0386. The van der Waals surface area contributed by atoms with E-state index in [9.17, 15) is 5.11 Å². The Balaban J connectivity index is 2.34. The van der Waals surface area contributed by atoms with Gasteiger partial charge in [-0.2, -0.15) is 0 Å². The van der Waals surface area contributed by atoms with E-state index < -0.39 is 0 Å². The van der Waals surface area contributed by atoms with Gasteiger partial charge in [-0.05, 0) is 13.0 Å². The van der Waals surface area contributed by atoms with E-state index in [0.717, 1.165) is 5.69 Å². The van der Waals surface area contributed by atoms with E-state index in [1.54, 1.807) is 18.5 Å². The number of hydrogen-bond acceptors (Lipinski definition) is 6. The van der Waals surface area contributed by atoms with E-state index in [-0.39, 0.29) is 24.6 Å². The zero-order valence-corrected chi connectivity index (χ0v) is 10.7. The van der Waals surface area contributed by atoms with Crippen molar-refractivity contribution in [3.8, 4) is 0 Å². The van der Waals surface area contributed by atoms with Gasteiger partial charge in [0.15, 0.2) is 5.84 Å². The first-order valence-electron chi connectivity index (χ1n) is 6.08. The van der Waals surface area contributed by atoms with Gasteiger partial charge in [0.1, 0.15) is 0 Å². The Morgan fingerprint density at radius 2 is 2.47 bits per heavy atom. The maximum absolute atomic E-state index is 9.21. The van der Waals surface area contributed by atoms with Gasteiger partial charge in [0, 0.05) is 24.3 Å². The number of aromatic nitrogens is 1. The van der Waals surface area contributed by atoms with Crippen molar-refractivity contribution in [3.63, 3.8) is 0 Å². The normalized spacial score (nSPS) is 24.5. The largest absolute Gasteiger partial charge is 0.409 e. The average Bonchev–Trinajstić information content (AvgIpc) is 2.47. The third kappa shape index (κ3) is 2.77. The molecule has 1 aromatic heterocycles. The molecule has 0 radical (unpaired) electrons. The third-order valence-electron chi connectivity index (χ3n) is 3.20. The van der Waals surface area contributed by atoms with Crippen molar-refractivity contribution >= 4 is 11.5 Å². The summed E-state index contributed by atoms with van der Waals surface area (Å²) in [6.45, 7) is 3.02. The van der Waals surface area contributed by atoms with E-state index in [2.05, 4.69) is 10.1 Å². The molecule has 0 aromatic carbocycles. The summed E-state index contributed by atoms with van der Waals surface area (Å²) in [6.07, 6.45) is 3.02. The van der Waals surface area contributed by atoms with Gasteiger partial charge in [-0.15, -0.1) is 0 Å². The molecule has 1 aliphatic heterocycles. The van der Waals surface area contributed by atoms with E-state index in [1.165, 1.54) is 0 Å². The molecular formula is C12H18N4O3. The van der Waals surface area contributed by atoms with Crippen molar-refractivity contribution < 1.29 is 15.1 Å². The maximum atomic E-state index is 9.21. The molecule has 19 heavy (non-hydrogen) atoms. The highest BCUT2D eigenvalue weighted by molar-refractivity contribution is 6.02. The van der Waals surface area contributed by atoms with Gasteiger partial charge in [-0.1, -0.05) is 5.16 Å². The second-order valence-corrected chi connectivity index (χ2v) is 4.52. The number of anilines is 1. The molecule has 7 nitrogen and oxygen atoms in total. The first-order chi connectivity index (χ1) is 9.17. The molecule has 2 heterocycles. The van der Waals surface area contributed by atoms with Crippen LogP contribution in [0.5, 0.6) is 0 Å². The molecule has 104 valence electrons. The summed E-state index contributed by atoms with van der Waals surface area (Å²) in [5.74, 6) is 0.0386. The van der Waals surface area contributed by atoms with Crippen LogP contribution in [0.3, 0.4) is 0 Å². The molecule has 1 fully saturated rings. The maximum Gasteiger partial charge on any atom is 0.172 e. The third-order valence-corrected chi connectivity index (χ3v) is 3.20. The van der Waals surface area contributed by atoms with Crippen LogP contribution in [0.4, 0.5) is 5.69 Å². The lowest BCUT2D eigenvalue weighted by atomic mass is 10.1. The van der Waals surface area contributed by atoms with Gasteiger partial charge < -0.3 is 25.7 Å². The zero-order valence-electron chi connectivity index (χ0n) is 10.7. The molecular weight excluding hydrogens is 248 g/mol. The first kappa shape index (κ1) is 13.6. The smallest absolute Gasteiger partial charge is 0.172 e. The molecule has 0 saturated carbocycles. The molecule has 1 aliphatic rings. The molecule has 1 aromatic rings. The Hall–Kier alpha value is -1.86. The molecule has 0 aliphatic carbocycles. The fourth-order valence-electron chi connectivity index (χ4n) is 2.15. The standard InChI is InChI=1S/C12H18N4O3/c1-8-7-19-9(6-17)5-16(8)11-4-14-3-2-10(11)12(13)15-18/h2-4,8-9,17-18H,5-7H2,1H3,(H2,13,15). The lowest BCUT2D eigenvalue weighted by Crippen LogP contribution is -2.50. The summed E-state index contributed by atoms with van der Waals surface area (Å²) < 4.78 is 5.49. The van der Waals surface area contributed by atoms with Crippen LogP contribution < -0.4 is 10.6 Å². The Labute approximate surface area is 111 Å². The Kier molecular flexibility index (Phi) is 4.18. The molecule has 0 spiro atoms. The van der Waals surface area contributed by atoms with Gasteiger partial charge in [0.05, 0.1) is 31.2 Å². The molecule has 2 atom stereocenters. The van der Waals surface area contributed by atoms with Crippen LogP contribution in [0.1, 0.15) is 12.5 Å². The quantitative estimate of drug-likeness (QED) is 0.302. The number of morpholine rings is 1. The number of nitrogens with zero attached hydrogens (tertiary/aromatic N) is 3. The highest BCUT2D eigenvalue weighted by Gasteiger charge is 2.28.